The van der Waals surface area contributed by atoms with Crippen molar-refractivity contribution in [3.05, 3.63) is 60.2 Å². The molecule has 20 heavy (non-hydrogen) atoms. The van der Waals surface area contributed by atoms with Crippen LogP contribution in [0.1, 0.15) is 31.7 Å². The van der Waals surface area contributed by atoms with E-state index in [-0.39, 0.29) is 17.1 Å². The van der Waals surface area contributed by atoms with Crippen LogP contribution in [0.3, 0.4) is 0 Å². The summed E-state index contributed by atoms with van der Waals surface area (Å²) in [5.74, 6) is 0.603. The molecule has 6 heteroatoms. The van der Waals surface area contributed by atoms with Crippen LogP contribution in [-0.4, -0.2) is 7.25 Å². The number of hydrogen-bond acceptors (Lipinski definition) is 0. The van der Waals surface area contributed by atoms with Crippen LogP contribution in [-0.2, 0) is 17.1 Å². The van der Waals surface area contributed by atoms with Crippen molar-refractivity contribution in [2.75, 3.05) is 0 Å². The van der Waals surface area contributed by atoms with Crippen molar-refractivity contribution < 1.29 is 34.3 Å². The van der Waals surface area contributed by atoms with E-state index in [9.17, 15) is 17.3 Å². The second-order valence-corrected chi connectivity index (χ2v) is 3.98. The molecule has 1 aromatic carbocycles. The molecule has 0 amide bonds. The molecule has 0 aliphatic heterocycles. The third kappa shape index (κ3) is 17.0. The molecule has 1 aliphatic carbocycles. The summed E-state index contributed by atoms with van der Waals surface area (Å²) in [5, 5.41) is 0. The Kier molecular flexibility index (Phi) is 12.6. The van der Waals surface area contributed by atoms with Gasteiger partial charge in [0, 0.05) is 0 Å². The fourth-order valence-electron chi connectivity index (χ4n) is 1.11. The van der Waals surface area contributed by atoms with Gasteiger partial charge >= 0.3 is 24.3 Å². The molecule has 0 heterocycles. The van der Waals surface area contributed by atoms with Gasteiger partial charge in [-0.3, -0.25) is 6.08 Å². The minimum absolute atomic E-state index is 0. The van der Waals surface area contributed by atoms with E-state index in [1.165, 1.54) is 5.56 Å². The number of allylic oxidation sites excluding steroid dienone is 4. The molecule has 1 aliphatic rings. The Labute approximate surface area is 128 Å². The van der Waals surface area contributed by atoms with Crippen LogP contribution in [0.25, 0.3) is 0 Å². The van der Waals surface area contributed by atoms with Crippen molar-refractivity contribution in [2.45, 2.75) is 26.2 Å². The van der Waals surface area contributed by atoms with E-state index in [0.717, 1.165) is 6.42 Å². The zero-order valence-corrected chi connectivity index (χ0v) is 12.4. The fraction of sp³-hybridized carbons (Fsp3) is 0.286. The summed E-state index contributed by atoms with van der Waals surface area (Å²) >= 11 is 0. The first-order valence-electron chi connectivity index (χ1n) is 5.87. The Bertz CT molecular complexity index is 370. The molecule has 0 atom stereocenters. The second kappa shape index (κ2) is 11.8. The maximum atomic E-state index is 9.75. The average molecular weight is 327 g/mol. The van der Waals surface area contributed by atoms with Gasteiger partial charge in [-0.15, -0.1) is 6.42 Å². The summed E-state index contributed by atoms with van der Waals surface area (Å²) in [4.78, 5) is 0. The van der Waals surface area contributed by atoms with E-state index in [1.807, 2.05) is 30.4 Å². The van der Waals surface area contributed by atoms with Crippen molar-refractivity contribution >= 4 is 7.25 Å². The Morgan fingerprint density at radius 2 is 1.75 bits per heavy atom. The van der Waals surface area contributed by atoms with Gasteiger partial charge in [0.05, 0.1) is 0 Å². The van der Waals surface area contributed by atoms with E-state index >= 15 is 0 Å². The summed E-state index contributed by atoms with van der Waals surface area (Å²) in [5.41, 5.74) is 1.29. The standard InChI is InChI=1S/C9H11.C5H5.BF4.Fe/c1-8(2)9-6-4-3-5-7-9;1-2-4-5-3-1;2-1(3,4)5;/h3-6,8H,1-2H3;1-2,5H,3H2;;/q3*-1;+2. The molecule has 0 aromatic heterocycles. The quantitative estimate of drug-likeness (QED) is 0.377. The van der Waals surface area contributed by atoms with Crippen LogP contribution < -0.4 is 0 Å². The third-order valence-electron chi connectivity index (χ3n) is 1.94. The Balaban J connectivity index is 0. The molecule has 0 nitrogen and oxygen atoms in total. The van der Waals surface area contributed by atoms with Gasteiger partial charge in [0.15, 0.2) is 0 Å². The summed E-state index contributed by atoms with van der Waals surface area (Å²) < 4.78 is 39.0. The third-order valence-corrected chi connectivity index (χ3v) is 1.94. The molecular formula is C14H16BF4Fe-. The molecule has 1 aromatic rings. The van der Waals surface area contributed by atoms with Crippen molar-refractivity contribution in [1.29, 1.82) is 0 Å². The fourth-order valence-corrected chi connectivity index (χ4v) is 1.11. The SMILES string of the molecule is CC(C)c1[c-]cccc1.F[B-](F)(F)F.[C-]1=CCC=C1.[Fe+2]. The molecule has 0 unspecified atom stereocenters. The van der Waals surface area contributed by atoms with Crippen LogP contribution in [0.2, 0.25) is 0 Å². The molecule has 0 saturated heterocycles. The topological polar surface area (TPSA) is 0 Å². The van der Waals surface area contributed by atoms with Crippen LogP contribution in [0.4, 0.5) is 17.3 Å². The van der Waals surface area contributed by atoms with Crippen LogP contribution in [0.15, 0.2) is 42.5 Å². The van der Waals surface area contributed by atoms with Gasteiger partial charge in [-0.1, -0.05) is 13.8 Å². The Morgan fingerprint density at radius 3 is 1.95 bits per heavy atom. The van der Waals surface area contributed by atoms with Crippen LogP contribution in [0, 0.1) is 12.1 Å². The van der Waals surface area contributed by atoms with Gasteiger partial charge in [-0.25, -0.2) is 12.2 Å². The second-order valence-electron chi connectivity index (χ2n) is 3.98. The summed E-state index contributed by atoms with van der Waals surface area (Å²) in [6, 6.07) is 11.3. The first-order chi connectivity index (χ1) is 8.80. The van der Waals surface area contributed by atoms with Crippen molar-refractivity contribution in [1.82, 2.24) is 0 Å². The van der Waals surface area contributed by atoms with E-state index < -0.39 is 7.25 Å². The van der Waals surface area contributed by atoms with Crippen molar-refractivity contribution in [3.8, 4) is 0 Å². The van der Waals surface area contributed by atoms with Crippen molar-refractivity contribution in [3.63, 3.8) is 0 Å². The average Bonchev–Trinajstić information content (AvgIpc) is 2.86. The summed E-state index contributed by atoms with van der Waals surface area (Å²) in [6.45, 7) is 4.34. The van der Waals surface area contributed by atoms with Gasteiger partial charge in [0.1, 0.15) is 0 Å². The first-order valence-corrected chi connectivity index (χ1v) is 5.87. The molecule has 0 fully saturated rings. The Hall–Kier alpha value is -0.996. The predicted molar refractivity (Wildman–Crippen MR) is 71.1 cm³/mol. The molecular weight excluding hydrogens is 311 g/mol. The molecule has 112 valence electrons. The number of hydrogen-bond donors (Lipinski definition) is 0. The van der Waals surface area contributed by atoms with Crippen LogP contribution >= 0.6 is 0 Å². The van der Waals surface area contributed by atoms with Crippen molar-refractivity contribution in [2.24, 2.45) is 0 Å². The van der Waals surface area contributed by atoms with Gasteiger partial charge in [0.25, 0.3) is 0 Å². The zero-order chi connectivity index (χ0) is 14.7. The monoisotopic (exact) mass is 327 g/mol. The predicted octanol–water partition coefficient (Wildman–Crippen LogP) is 5.21. The van der Waals surface area contributed by atoms with Crippen LogP contribution in [0.5, 0.6) is 0 Å². The zero-order valence-electron chi connectivity index (χ0n) is 11.3. The molecule has 0 bridgehead atoms. The molecule has 0 N–H and O–H groups in total. The minimum Gasteiger partial charge on any atom is -0.418 e. The van der Waals surface area contributed by atoms with Gasteiger partial charge in [-0.05, 0) is 5.92 Å². The maximum Gasteiger partial charge on any atom is 2.00 e. The summed E-state index contributed by atoms with van der Waals surface area (Å²) in [7, 11) is -6.00. The minimum atomic E-state index is -6.00. The number of benzene rings is 1. The first kappa shape index (κ1) is 21.3. The largest absolute Gasteiger partial charge is 2.00 e. The molecule has 0 radical (unpaired) electrons. The van der Waals surface area contributed by atoms with E-state index in [4.69, 9.17) is 0 Å². The van der Waals surface area contributed by atoms with E-state index in [2.05, 4.69) is 38.1 Å². The molecule has 0 saturated carbocycles. The normalized spacial score (nSPS) is 11.9. The number of halogens is 4. The molecule has 2 rings (SSSR count). The smallest absolute Gasteiger partial charge is 0.418 e. The van der Waals surface area contributed by atoms with E-state index in [1.54, 1.807) is 0 Å². The maximum absolute atomic E-state index is 9.75. The summed E-state index contributed by atoms with van der Waals surface area (Å²) in [6.07, 6.45) is 10.0. The van der Waals surface area contributed by atoms with Gasteiger partial charge in [0.2, 0.25) is 0 Å². The number of rotatable bonds is 1. The van der Waals surface area contributed by atoms with Gasteiger partial charge < -0.3 is 17.3 Å². The van der Waals surface area contributed by atoms with E-state index in [0.29, 0.717) is 5.92 Å². The molecule has 0 spiro atoms. The van der Waals surface area contributed by atoms with Gasteiger partial charge in [-0.2, -0.15) is 42.0 Å². The Morgan fingerprint density at radius 1 is 1.15 bits per heavy atom.